The predicted molar refractivity (Wildman–Crippen MR) is 80.3 cm³/mol. The Balaban J connectivity index is 1.99. The molecule has 6 heteroatoms. The topological polar surface area (TPSA) is 58.1 Å². The van der Waals surface area contributed by atoms with Crippen molar-refractivity contribution in [3.63, 3.8) is 0 Å². The van der Waals surface area contributed by atoms with Crippen molar-refractivity contribution in [3.8, 4) is 0 Å². The molecule has 0 spiro atoms. The largest absolute Gasteiger partial charge is 0.379 e. The number of para-hydroxylation sites is 2. The van der Waals surface area contributed by atoms with Crippen molar-refractivity contribution in [2.75, 3.05) is 16.8 Å². The second-order valence-corrected chi connectivity index (χ2v) is 5.78. The zero-order chi connectivity index (χ0) is 14.1. The van der Waals surface area contributed by atoms with Crippen LogP contribution in [0.15, 0.2) is 30.5 Å². The van der Waals surface area contributed by atoms with Gasteiger partial charge in [-0.25, -0.2) is 0 Å². The van der Waals surface area contributed by atoms with E-state index < -0.39 is 0 Å². The summed E-state index contributed by atoms with van der Waals surface area (Å²) in [6.07, 6.45) is 1.53. The molecule has 0 aliphatic carbocycles. The van der Waals surface area contributed by atoms with E-state index in [4.69, 9.17) is 0 Å². The summed E-state index contributed by atoms with van der Waals surface area (Å²) in [6, 6.07) is 8.11. The van der Waals surface area contributed by atoms with Gasteiger partial charge in [0.25, 0.3) is 5.91 Å². The van der Waals surface area contributed by atoms with Crippen LogP contribution in [-0.4, -0.2) is 27.2 Å². The minimum atomic E-state index is -0.0849. The van der Waals surface area contributed by atoms with E-state index >= 15 is 0 Å². The number of aromatic nitrogens is 2. The lowest BCUT2D eigenvalue weighted by atomic mass is 9.99. The van der Waals surface area contributed by atoms with Crippen LogP contribution in [0.2, 0.25) is 0 Å². The van der Waals surface area contributed by atoms with E-state index in [1.54, 1.807) is 4.90 Å². The Morgan fingerprint density at radius 3 is 2.95 bits per heavy atom. The van der Waals surface area contributed by atoms with Crippen LogP contribution in [0.25, 0.3) is 0 Å². The Hall–Kier alpha value is -1.95. The van der Waals surface area contributed by atoms with Crippen LogP contribution in [0.4, 0.5) is 11.4 Å². The predicted octanol–water partition coefficient (Wildman–Crippen LogP) is 2.64. The van der Waals surface area contributed by atoms with Gasteiger partial charge in [0, 0.05) is 12.6 Å². The van der Waals surface area contributed by atoms with Crippen LogP contribution in [0, 0.1) is 5.92 Å². The maximum atomic E-state index is 12.6. The number of carbonyl (C=O) groups excluding carboxylic acids is 1. The lowest BCUT2D eigenvalue weighted by molar-refractivity contribution is 0.0980. The highest BCUT2D eigenvalue weighted by atomic mass is 32.1. The summed E-state index contributed by atoms with van der Waals surface area (Å²) in [4.78, 5) is 14.4. The second-order valence-electron chi connectivity index (χ2n) is 5.22. The summed E-state index contributed by atoms with van der Waals surface area (Å²) in [5.41, 5.74) is 2.31. The van der Waals surface area contributed by atoms with E-state index in [2.05, 4.69) is 27.9 Å². The van der Waals surface area contributed by atoms with E-state index in [0.29, 0.717) is 18.2 Å². The van der Waals surface area contributed by atoms with E-state index in [9.17, 15) is 4.79 Å². The van der Waals surface area contributed by atoms with Crippen molar-refractivity contribution in [2.45, 2.75) is 19.9 Å². The summed E-state index contributed by atoms with van der Waals surface area (Å²) in [7, 11) is 0. The summed E-state index contributed by atoms with van der Waals surface area (Å²) in [6.45, 7) is 4.95. The fraction of sp³-hybridized carbons (Fsp3) is 0.357. The number of nitrogens with zero attached hydrogens (tertiary/aromatic N) is 3. The van der Waals surface area contributed by atoms with Crippen molar-refractivity contribution in [3.05, 3.63) is 36.2 Å². The number of fused-ring (bicyclic) bond motifs is 1. The third-order valence-electron chi connectivity index (χ3n) is 3.55. The molecule has 0 fully saturated rings. The van der Waals surface area contributed by atoms with Crippen LogP contribution < -0.4 is 10.2 Å². The Morgan fingerprint density at radius 2 is 2.25 bits per heavy atom. The molecular weight excluding hydrogens is 272 g/mol. The molecule has 0 radical (unpaired) electrons. The number of carbonyl (C=O) groups is 1. The molecule has 1 aliphatic rings. The van der Waals surface area contributed by atoms with Crippen LogP contribution in [-0.2, 0) is 0 Å². The van der Waals surface area contributed by atoms with Crippen molar-refractivity contribution in [1.82, 2.24) is 8.75 Å². The normalized spacial score (nSPS) is 17.8. The number of hydrogen-bond acceptors (Lipinski definition) is 5. The molecule has 20 heavy (non-hydrogen) atoms. The van der Waals surface area contributed by atoms with Crippen molar-refractivity contribution >= 4 is 29.0 Å². The molecule has 0 saturated heterocycles. The highest BCUT2D eigenvalue weighted by Gasteiger charge is 2.30. The molecular formula is C14H16N4OS. The van der Waals surface area contributed by atoms with Gasteiger partial charge in [0.1, 0.15) is 0 Å². The Kier molecular flexibility index (Phi) is 3.40. The molecule has 0 bridgehead atoms. The summed E-state index contributed by atoms with van der Waals surface area (Å²) in [5.74, 6) is 0.352. The van der Waals surface area contributed by atoms with Gasteiger partial charge in [-0.3, -0.25) is 4.79 Å². The first-order valence-corrected chi connectivity index (χ1v) is 7.35. The van der Waals surface area contributed by atoms with Gasteiger partial charge < -0.3 is 10.2 Å². The Bertz CT molecular complexity index is 611. The van der Waals surface area contributed by atoms with E-state index in [0.717, 1.165) is 23.1 Å². The molecule has 1 aliphatic heterocycles. The minimum Gasteiger partial charge on any atom is -0.379 e. The average Bonchev–Trinajstić information content (AvgIpc) is 2.99. The number of amides is 1. The summed E-state index contributed by atoms with van der Waals surface area (Å²) in [5, 5.41) is 3.50. The molecule has 1 atom stereocenters. The van der Waals surface area contributed by atoms with E-state index in [1.807, 2.05) is 24.3 Å². The average molecular weight is 288 g/mol. The third kappa shape index (κ3) is 2.27. The maximum Gasteiger partial charge on any atom is 0.279 e. The molecule has 3 rings (SSSR count). The van der Waals surface area contributed by atoms with Crippen LogP contribution in [0.1, 0.15) is 24.3 Å². The van der Waals surface area contributed by atoms with Crippen molar-refractivity contribution in [2.24, 2.45) is 5.92 Å². The van der Waals surface area contributed by atoms with E-state index in [-0.39, 0.29) is 11.9 Å². The van der Waals surface area contributed by atoms with Gasteiger partial charge in [0.15, 0.2) is 5.69 Å². The van der Waals surface area contributed by atoms with Gasteiger partial charge in [-0.15, -0.1) is 0 Å². The fourth-order valence-corrected chi connectivity index (χ4v) is 2.75. The summed E-state index contributed by atoms with van der Waals surface area (Å²) < 4.78 is 7.97. The molecule has 1 unspecified atom stereocenters. The Morgan fingerprint density at radius 1 is 1.45 bits per heavy atom. The zero-order valence-electron chi connectivity index (χ0n) is 11.4. The lowest BCUT2D eigenvalue weighted by Crippen LogP contribution is -2.47. The van der Waals surface area contributed by atoms with Gasteiger partial charge in [-0.05, 0) is 18.1 Å². The minimum absolute atomic E-state index is 0.0849. The smallest absolute Gasteiger partial charge is 0.279 e. The van der Waals surface area contributed by atoms with Crippen molar-refractivity contribution < 1.29 is 4.79 Å². The fourth-order valence-electron chi connectivity index (χ4n) is 2.34. The molecule has 104 valence electrons. The van der Waals surface area contributed by atoms with Crippen molar-refractivity contribution in [1.29, 1.82) is 0 Å². The molecule has 1 aromatic carbocycles. The van der Waals surface area contributed by atoms with Gasteiger partial charge in [0.2, 0.25) is 0 Å². The number of benzene rings is 1. The number of anilines is 2. The van der Waals surface area contributed by atoms with Crippen LogP contribution in [0.5, 0.6) is 0 Å². The maximum absolute atomic E-state index is 12.6. The lowest BCUT2D eigenvalue weighted by Gasteiger charge is -2.37. The van der Waals surface area contributed by atoms with E-state index in [1.165, 1.54) is 6.20 Å². The SMILES string of the molecule is CC(C)C1CN(C(=O)c2cnsn2)c2ccccc2N1. The molecule has 5 nitrogen and oxygen atoms in total. The Labute approximate surface area is 122 Å². The standard InChI is InChI=1S/C14H16N4OS/c1-9(2)12-8-18(14(19)11-7-15-20-17-11)13-6-4-3-5-10(13)16-12/h3-7,9,12,16H,8H2,1-2H3. The zero-order valence-corrected chi connectivity index (χ0v) is 12.2. The number of hydrogen-bond donors (Lipinski definition) is 1. The van der Waals surface area contributed by atoms with Crippen LogP contribution in [0.3, 0.4) is 0 Å². The van der Waals surface area contributed by atoms with Gasteiger partial charge in [0.05, 0.1) is 29.3 Å². The molecule has 1 N–H and O–H groups in total. The summed E-state index contributed by atoms with van der Waals surface area (Å²) >= 11 is 1.06. The van der Waals surface area contributed by atoms with Gasteiger partial charge in [-0.1, -0.05) is 26.0 Å². The molecule has 2 aromatic rings. The highest BCUT2D eigenvalue weighted by molar-refractivity contribution is 6.99. The molecule has 0 saturated carbocycles. The number of nitrogens with one attached hydrogen (secondary N) is 1. The monoisotopic (exact) mass is 288 g/mol. The first-order chi connectivity index (χ1) is 9.66. The molecule has 1 aromatic heterocycles. The van der Waals surface area contributed by atoms with Gasteiger partial charge in [-0.2, -0.15) is 8.75 Å². The number of rotatable bonds is 2. The molecule has 2 heterocycles. The second kappa shape index (κ2) is 5.20. The third-order valence-corrected chi connectivity index (χ3v) is 4.02. The first-order valence-electron chi connectivity index (χ1n) is 6.62. The first kappa shape index (κ1) is 13.1. The highest BCUT2D eigenvalue weighted by Crippen LogP contribution is 2.33. The van der Waals surface area contributed by atoms with Crippen LogP contribution >= 0.6 is 11.7 Å². The quantitative estimate of drug-likeness (QED) is 0.923. The van der Waals surface area contributed by atoms with Gasteiger partial charge >= 0.3 is 0 Å². The molecule has 1 amide bonds.